The maximum Gasteiger partial charge on any atom is 0.305 e. The highest BCUT2D eigenvalue weighted by molar-refractivity contribution is 8.03. The molecule has 1 rings (SSSR count). The van der Waals surface area contributed by atoms with Gasteiger partial charge < -0.3 is 15.7 Å². The summed E-state index contributed by atoms with van der Waals surface area (Å²) in [7, 11) is 6.19. The Labute approximate surface area is 155 Å². The van der Waals surface area contributed by atoms with Crippen LogP contribution in [0.5, 0.6) is 0 Å². The van der Waals surface area contributed by atoms with Gasteiger partial charge in [0.15, 0.2) is 5.78 Å². The molecular formula is C17H29BN2O4S. The maximum absolute atomic E-state index is 12.8. The van der Waals surface area contributed by atoms with Crippen LogP contribution in [0.3, 0.4) is 0 Å². The Bertz CT molecular complexity index is 527. The summed E-state index contributed by atoms with van der Waals surface area (Å²) in [6.07, 6.45) is 1.16. The fraction of sp³-hybridized carbons (Fsp3) is 0.824. The van der Waals surface area contributed by atoms with Crippen molar-refractivity contribution in [2.24, 2.45) is 5.41 Å². The molecular weight excluding hydrogens is 339 g/mol. The molecule has 140 valence electrons. The van der Waals surface area contributed by atoms with Crippen molar-refractivity contribution in [2.45, 2.75) is 69.3 Å². The monoisotopic (exact) mass is 368 g/mol. The third-order valence-corrected chi connectivity index (χ3v) is 5.55. The number of ketones is 1. The van der Waals surface area contributed by atoms with Crippen LogP contribution in [0.2, 0.25) is 0 Å². The van der Waals surface area contributed by atoms with Crippen LogP contribution in [0, 0.1) is 5.41 Å². The summed E-state index contributed by atoms with van der Waals surface area (Å²) in [5, 5.41) is 14.2. The predicted molar refractivity (Wildman–Crippen MR) is 101 cm³/mol. The van der Waals surface area contributed by atoms with E-state index >= 15 is 0 Å². The Balaban J connectivity index is 2.93. The number of Topliss-reactive ketones (excluding diaryl/α,β-unsaturated/α-hetero) is 1. The normalized spacial score (nSPS) is 20.0. The Morgan fingerprint density at radius 1 is 1.28 bits per heavy atom. The SMILES string of the molecule is [B]C(C)(CCC)SC(CC(=O)O)C(=O)NC1(C(=O)C(C)(C)C)CNC1. The summed E-state index contributed by atoms with van der Waals surface area (Å²) in [5.41, 5.74) is -1.57. The molecule has 3 N–H and O–H groups in total. The lowest BCUT2D eigenvalue weighted by Crippen LogP contribution is -2.75. The maximum atomic E-state index is 12.8. The molecule has 6 nitrogen and oxygen atoms in total. The first-order valence-corrected chi connectivity index (χ1v) is 9.47. The highest BCUT2D eigenvalue weighted by Crippen LogP contribution is 2.33. The van der Waals surface area contributed by atoms with E-state index in [-0.39, 0.29) is 12.2 Å². The van der Waals surface area contributed by atoms with Gasteiger partial charge in [0.1, 0.15) is 5.54 Å². The van der Waals surface area contributed by atoms with Crippen LogP contribution in [0.1, 0.15) is 53.9 Å². The van der Waals surface area contributed by atoms with Gasteiger partial charge in [0, 0.05) is 18.5 Å². The molecule has 2 unspecified atom stereocenters. The van der Waals surface area contributed by atoms with Gasteiger partial charge in [-0.1, -0.05) is 41.0 Å². The molecule has 0 aromatic rings. The van der Waals surface area contributed by atoms with E-state index in [0.29, 0.717) is 19.5 Å². The van der Waals surface area contributed by atoms with Crippen molar-refractivity contribution in [2.75, 3.05) is 13.1 Å². The number of carboxylic acids is 1. The van der Waals surface area contributed by atoms with Gasteiger partial charge in [-0.15, -0.1) is 0 Å². The van der Waals surface area contributed by atoms with Crippen molar-refractivity contribution >= 4 is 37.3 Å². The van der Waals surface area contributed by atoms with E-state index in [1.807, 2.05) is 27.7 Å². The molecule has 0 aromatic carbocycles. The Hall–Kier alpha value is -1.02. The average Bonchev–Trinajstić information content (AvgIpc) is 2.39. The molecule has 0 aliphatic carbocycles. The molecule has 1 fully saturated rings. The van der Waals surface area contributed by atoms with Crippen LogP contribution in [0.4, 0.5) is 0 Å². The minimum atomic E-state index is -1.07. The van der Waals surface area contributed by atoms with Gasteiger partial charge in [0.2, 0.25) is 5.91 Å². The van der Waals surface area contributed by atoms with Gasteiger partial charge in [-0.3, -0.25) is 14.4 Å². The van der Waals surface area contributed by atoms with Gasteiger partial charge >= 0.3 is 5.97 Å². The number of carbonyl (C=O) groups is 3. The van der Waals surface area contributed by atoms with Crippen LogP contribution < -0.4 is 10.6 Å². The quantitative estimate of drug-likeness (QED) is 0.532. The molecule has 25 heavy (non-hydrogen) atoms. The van der Waals surface area contributed by atoms with Crippen molar-refractivity contribution in [1.29, 1.82) is 0 Å². The number of amides is 1. The fourth-order valence-electron chi connectivity index (χ4n) is 2.94. The molecule has 0 saturated carbocycles. The zero-order chi connectivity index (χ0) is 19.5. The molecule has 2 atom stereocenters. The average molecular weight is 368 g/mol. The van der Waals surface area contributed by atoms with Crippen molar-refractivity contribution in [3.05, 3.63) is 0 Å². The van der Waals surface area contributed by atoms with Gasteiger partial charge in [-0.25, -0.2) is 0 Å². The van der Waals surface area contributed by atoms with Crippen LogP contribution in [-0.2, 0) is 14.4 Å². The van der Waals surface area contributed by atoms with Crippen molar-refractivity contribution in [3.63, 3.8) is 0 Å². The summed E-state index contributed by atoms with van der Waals surface area (Å²) < 4.78 is -0.703. The van der Waals surface area contributed by atoms with E-state index in [4.69, 9.17) is 13.0 Å². The zero-order valence-electron chi connectivity index (χ0n) is 15.8. The largest absolute Gasteiger partial charge is 0.481 e. The van der Waals surface area contributed by atoms with Crippen molar-refractivity contribution in [3.8, 4) is 0 Å². The van der Waals surface area contributed by atoms with Crippen LogP contribution in [0.25, 0.3) is 0 Å². The van der Waals surface area contributed by atoms with Crippen molar-refractivity contribution < 1.29 is 19.5 Å². The summed E-state index contributed by atoms with van der Waals surface area (Å²) in [6.45, 7) is 9.91. The smallest absolute Gasteiger partial charge is 0.305 e. The van der Waals surface area contributed by atoms with Crippen LogP contribution in [-0.4, -0.2) is 59.1 Å². The number of rotatable bonds is 9. The molecule has 1 aliphatic rings. The topological polar surface area (TPSA) is 95.5 Å². The number of aliphatic carboxylic acids is 1. The fourth-order valence-corrected chi connectivity index (χ4v) is 4.31. The number of hydrogen-bond acceptors (Lipinski definition) is 5. The summed E-state index contributed by atoms with van der Waals surface area (Å²) in [6, 6.07) is 0. The molecule has 0 bridgehead atoms. The molecule has 0 aromatic heterocycles. The lowest BCUT2D eigenvalue weighted by Gasteiger charge is -2.45. The lowest BCUT2D eigenvalue weighted by molar-refractivity contribution is -0.141. The van der Waals surface area contributed by atoms with Gasteiger partial charge in [-0.2, -0.15) is 11.8 Å². The first-order chi connectivity index (χ1) is 11.3. The Kier molecular flexibility index (Phi) is 7.16. The molecule has 1 aliphatic heterocycles. The van der Waals surface area contributed by atoms with E-state index in [0.717, 1.165) is 18.2 Å². The number of nitrogens with one attached hydrogen (secondary N) is 2. The van der Waals surface area contributed by atoms with Gasteiger partial charge in [0.25, 0.3) is 0 Å². The zero-order valence-corrected chi connectivity index (χ0v) is 16.6. The highest BCUT2D eigenvalue weighted by atomic mass is 32.2. The van der Waals surface area contributed by atoms with E-state index < -0.39 is 32.7 Å². The second-order valence-corrected chi connectivity index (χ2v) is 9.76. The lowest BCUT2D eigenvalue weighted by atomic mass is 9.74. The van der Waals surface area contributed by atoms with E-state index in [9.17, 15) is 14.4 Å². The first kappa shape index (κ1) is 22.0. The third-order valence-electron chi connectivity index (χ3n) is 4.14. The van der Waals surface area contributed by atoms with Crippen molar-refractivity contribution in [1.82, 2.24) is 10.6 Å². The predicted octanol–water partition coefficient (Wildman–Crippen LogP) is 1.32. The van der Waals surface area contributed by atoms with Gasteiger partial charge in [-0.05, 0) is 11.1 Å². The number of thioether (sulfide) groups is 1. The standard InChI is InChI=1S/C17H29BN2O4S/c1-6-7-16(5,18)25-11(8-12(21)22)13(23)20-17(9-19-10-17)14(24)15(2,3)4/h11,19H,6-10H2,1-5H3,(H,20,23)(H,21,22). The summed E-state index contributed by atoms with van der Waals surface area (Å²) in [5.74, 6) is -1.57. The number of carboxylic acid groups (broad SMARTS) is 1. The molecule has 0 spiro atoms. The van der Waals surface area contributed by atoms with E-state index in [1.165, 1.54) is 0 Å². The van der Waals surface area contributed by atoms with Gasteiger partial charge in [0.05, 0.1) is 19.5 Å². The van der Waals surface area contributed by atoms with E-state index in [2.05, 4.69) is 10.6 Å². The molecule has 8 heteroatoms. The Morgan fingerprint density at radius 3 is 2.20 bits per heavy atom. The molecule has 1 amide bonds. The van der Waals surface area contributed by atoms with E-state index in [1.54, 1.807) is 6.92 Å². The minimum absolute atomic E-state index is 0.0600. The third kappa shape index (κ3) is 6.03. The first-order valence-electron chi connectivity index (χ1n) is 8.59. The Morgan fingerprint density at radius 2 is 1.84 bits per heavy atom. The molecule has 2 radical (unpaired) electrons. The summed E-state index contributed by atoms with van der Waals surface area (Å²) >= 11 is 1.16. The second-order valence-electron chi connectivity index (χ2n) is 8.02. The molecule has 1 heterocycles. The highest BCUT2D eigenvalue weighted by Gasteiger charge is 2.50. The number of carbonyl (C=O) groups excluding carboxylic acids is 2. The molecule has 1 saturated heterocycles. The van der Waals surface area contributed by atoms with Crippen LogP contribution >= 0.6 is 11.8 Å². The second kappa shape index (κ2) is 8.12. The summed E-state index contributed by atoms with van der Waals surface area (Å²) in [4.78, 5) is 36.7. The van der Waals surface area contributed by atoms with Crippen LogP contribution in [0.15, 0.2) is 0 Å². The number of hydrogen-bond donors (Lipinski definition) is 3. The minimum Gasteiger partial charge on any atom is -0.481 e.